The summed E-state index contributed by atoms with van der Waals surface area (Å²) in [6, 6.07) is 8.36. The van der Waals surface area contributed by atoms with Gasteiger partial charge in [0.05, 0.1) is 6.04 Å². The molecule has 0 bridgehead atoms. The lowest BCUT2D eigenvalue weighted by molar-refractivity contribution is -0.688. The molecule has 0 unspecified atom stereocenters. The topological polar surface area (TPSA) is 46.1 Å². The summed E-state index contributed by atoms with van der Waals surface area (Å²) in [4.78, 5) is 0. The molecule has 1 atom stereocenters. The summed E-state index contributed by atoms with van der Waals surface area (Å²) in [7, 11) is 0. The molecule has 3 N–H and O–H groups in total. The SMILES string of the molecule is Cc1ccc(OC[C@@H](O)C[NH2+]C(C)C)cc1. The van der Waals surface area contributed by atoms with Crippen molar-refractivity contribution in [2.45, 2.75) is 32.9 Å². The Morgan fingerprint density at radius 1 is 1.25 bits per heavy atom. The van der Waals surface area contributed by atoms with Crippen LogP contribution in [0.25, 0.3) is 0 Å². The second-order valence-corrected chi connectivity index (χ2v) is 4.49. The minimum absolute atomic E-state index is 0.353. The van der Waals surface area contributed by atoms with Gasteiger partial charge >= 0.3 is 0 Å². The molecule has 0 saturated heterocycles. The van der Waals surface area contributed by atoms with E-state index < -0.39 is 6.10 Å². The van der Waals surface area contributed by atoms with Gasteiger partial charge in [0.15, 0.2) is 0 Å². The first-order valence-electron chi connectivity index (χ1n) is 5.79. The van der Waals surface area contributed by atoms with Gasteiger partial charge in [0, 0.05) is 0 Å². The lowest BCUT2D eigenvalue weighted by atomic mass is 10.2. The number of quaternary nitrogens is 1. The van der Waals surface area contributed by atoms with Crippen LogP contribution in [-0.4, -0.2) is 30.4 Å². The maximum atomic E-state index is 9.66. The number of hydrogen-bond acceptors (Lipinski definition) is 2. The van der Waals surface area contributed by atoms with Gasteiger partial charge in [-0.05, 0) is 32.9 Å². The fourth-order valence-electron chi connectivity index (χ4n) is 1.32. The Hall–Kier alpha value is -1.06. The Morgan fingerprint density at radius 2 is 1.88 bits per heavy atom. The molecule has 0 aliphatic carbocycles. The van der Waals surface area contributed by atoms with Gasteiger partial charge in [-0.25, -0.2) is 0 Å². The van der Waals surface area contributed by atoms with Crippen molar-refractivity contribution in [2.24, 2.45) is 0 Å². The summed E-state index contributed by atoms with van der Waals surface area (Å²) in [6.45, 7) is 7.28. The third-order valence-electron chi connectivity index (χ3n) is 2.34. The first-order chi connectivity index (χ1) is 7.58. The molecule has 1 aromatic carbocycles. The van der Waals surface area contributed by atoms with E-state index in [1.807, 2.05) is 31.2 Å². The zero-order valence-electron chi connectivity index (χ0n) is 10.3. The number of aliphatic hydroxyl groups is 1. The highest BCUT2D eigenvalue weighted by atomic mass is 16.5. The van der Waals surface area contributed by atoms with Gasteiger partial charge in [-0.3, -0.25) is 0 Å². The van der Waals surface area contributed by atoms with Crippen molar-refractivity contribution in [3.8, 4) is 5.75 Å². The van der Waals surface area contributed by atoms with E-state index in [0.29, 0.717) is 19.2 Å². The molecule has 0 saturated carbocycles. The van der Waals surface area contributed by atoms with Crippen molar-refractivity contribution in [2.75, 3.05) is 13.2 Å². The summed E-state index contributed by atoms with van der Waals surface area (Å²) in [6.07, 6.45) is -0.413. The van der Waals surface area contributed by atoms with Gasteiger partial charge in [-0.2, -0.15) is 0 Å². The fraction of sp³-hybridized carbons (Fsp3) is 0.538. The van der Waals surface area contributed by atoms with E-state index >= 15 is 0 Å². The summed E-state index contributed by atoms with van der Waals surface area (Å²) < 4.78 is 5.49. The van der Waals surface area contributed by atoms with Crippen LogP contribution >= 0.6 is 0 Å². The predicted octanol–water partition coefficient (Wildman–Crippen LogP) is 0.707. The minimum atomic E-state index is -0.413. The molecule has 0 aliphatic heterocycles. The van der Waals surface area contributed by atoms with Crippen LogP contribution in [-0.2, 0) is 0 Å². The molecule has 3 heteroatoms. The Bertz CT molecular complexity index is 295. The second kappa shape index (κ2) is 6.51. The Morgan fingerprint density at radius 3 is 2.44 bits per heavy atom. The highest BCUT2D eigenvalue weighted by Gasteiger charge is 2.08. The van der Waals surface area contributed by atoms with E-state index in [4.69, 9.17) is 4.74 Å². The molecule has 0 heterocycles. The average Bonchev–Trinajstić information content (AvgIpc) is 2.25. The lowest BCUT2D eigenvalue weighted by Crippen LogP contribution is -2.90. The van der Waals surface area contributed by atoms with Gasteiger partial charge in [0.2, 0.25) is 0 Å². The summed E-state index contributed by atoms with van der Waals surface area (Å²) in [5, 5.41) is 11.8. The smallest absolute Gasteiger partial charge is 0.137 e. The van der Waals surface area contributed by atoms with E-state index in [-0.39, 0.29) is 0 Å². The van der Waals surface area contributed by atoms with Gasteiger partial charge in [-0.15, -0.1) is 0 Å². The van der Waals surface area contributed by atoms with Crippen molar-refractivity contribution in [1.29, 1.82) is 0 Å². The van der Waals surface area contributed by atoms with Crippen LogP contribution < -0.4 is 10.1 Å². The number of benzene rings is 1. The van der Waals surface area contributed by atoms with Crippen molar-refractivity contribution in [1.82, 2.24) is 0 Å². The van der Waals surface area contributed by atoms with Crippen molar-refractivity contribution in [3.63, 3.8) is 0 Å². The quantitative estimate of drug-likeness (QED) is 0.747. The molecule has 1 rings (SSSR count). The van der Waals surface area contributed by atoms with Crippen LogP contribution in [0.2, 0.25) is 0 Å². The number of hydrogen-bond donors (Lipinski definition) is 2. The van der Waals surface area contributed by atoms with Crippen molar-refractivity contribution >= 4 is 0 Å². The number of nitrogens with two attached hydrogens (primary N) is 1. The molecule has 0 amide bonds. The fourth-order valence-corrected chi connectivity index (χ4v) is 1.32. The zero-order valence-corrected chi connectivity index (χ0v) is 10.3. The first-order valence-corrected chi connectivity index (χ1v) is 5.79. The molecule has 3 nitrogen and oxygen atoms in total. The average molecular weight is 224 g/mol. The first kappa shape index (κ1) is 13.0. The molecule has 0 spiro atoms. The largest absolute Gasteiger partial charge is 0.491 e. The highest BCUT2D eigenvalue weighted by Crippen LogP contribution is 2.11. The van der Waals surface area contributed by atoms with Crippen LogP contribution in [0.1, 0.15) is 19.4 Å². The monoisotopic (exact) mass is 224 g/mol. The summed E-state index contributed by atoms with van der Waals surface area (Å²) in [5.41, 5.74) is 1.21. The third-order valence-corrected chi connectivity index (χ3v) is 2.34. The van der Waals surface area contributed by atoms with Crippen molar-refractivity contribution in [3.05, 3.63) is 29.8 Å². The maximum absolute atomic E-state index is 9.66. The summed E-state index contributed by atoms with van der Waals surface area (Å²) >= 11 is 0. The number of ether oxygens (including phenoxy) is 1. The van der Waals surface area contributed by atoms with Gasteiger partial charge in [0.1, 0.15) is 25.0 Å². The maximum Gasteiger partial charge on any atom is 0.137 e. The van der Waals surface area contributed by atoms with E-state index in [9.17, 15) is 5.11 Å². The second-order valence-electron chi connectivity index (χ2n) is 4.49. The minimum Gasteiger partial charge on any atom is -0.491 e. The van der Waals surface area contributed by atoms with Crippen LogP contribution in [0.15, 0.2) is 24.3 Å². The summed E-state index contributed by atoms with van der Waals surface area (Å²) in [5.74, 6) is 0.814. The van der Waals surface area contributed by atoms with E-state index in [0.717, 1.165) is 5.75 Å². The molecule has 90 valence electrons. The molecule has 1 aromatic rings. The van der Waals surface area contributed by atoms with Gasteiger partial charge in [0.25, 0.3) is 0 Å². The standard InChI is InChI=1S/C13H21NO2/c1-10(2)14-8-12(15)9-16-13-6-4-11(3)5-7-13/h4-7,10,12,14-15H,8-9H2,1-3H3/p+1/t12-/m0/s1. The predicted molar refractivity (Wildman–Crippen MR) is 64.6 cm³/mol. The molecule has 0 aliphatic rings. The Balaban J connectivity index is 2.26. The molecule has 0 fully saturated rings. The highest BCUT2D eigenvalue weighted by molar-refractivity contribution is 5.26. The Kier molecular flexibility index (Phi) is 5.29. The number of aliphatic hydroxyl groups excluding tert-OH is 1. The van der Waals surface area contributed by atoms with Crippen LogP contribution in [0.3, 0.4) is 0 Å². The van der Waals surface area contributed by atoms with E-state index in [2.05, 4.69) is 19.2 Å². The molecular weight excluding hydrogens is 202 g/mol. The van der Waals surface area contributed by atoms with E-state index in [1.165, 1.54) is 5.56 Å². The molecule has 0 radical (unpaired) electrons. The van der Waals surface area contributed by atoms with Crippen LogP contribution in [0, 0.1) is 6.92 Å². The van der Waals surface area contributed by atoms with Gasteiger partial charge in [-0.1, -0.05) is 17.7 Å². The van der Waals surface area contributed by atoms with Crippen LogP contribution in [0.4, 0.5) is 0 Å². The Labute approximate surface area is 97.4 Å². The van der Waals surface area contributed by atoms with Crippen LogP contribution in [0.5, 0.6) is 5.75 Å². The lowest BCUT2D eigenvalue weighted by Gasteiger charge is -2.12. The molecule has 0 aromatic heterocycles. The zero-order chi connectivity index (χ0) is 12.0. The molecule has 16 heavy (non-hydrogen) atoms. The number of rotatable bonds is 6. The van der Waals surface area contributed by atoms with E-state index in [1.54, 1.807) is 0 Å². The molecular formula is C13H22NO2+. The van der Waals surface area contributed by atoms with Crippen molar-refractivity contribution < 1.29 is 15.2 Å². The number of aryl methyl sites for hydroxylation is 1. The normalized spacial score (nSPS) is 12.8. The van der Waals surface area contributed by atoms with Gasteiger partial charge < -0.3 is 15.2 Å². The third kappa shape index (κ3) is 5.14.